The minimum Gasteiger partial charge on any atom is -0.397 e. The highest BCUT2D eigenvalue weighted by Gasteiger charge is 2.22. The highest BCUT2D eigenvalue weighted by Crippen LogP contribution is 2.48. The van der Waals surface area contributed by atoms with Crippen molar-refractivity contribution in [3.63, 3.8) is 0 Å². The largest absolute Gasteiger partial charge is 0.397 e. The molecule has 7 N–H and O–H groups in total. The van der Waals surface area contributed by atoms with Crippen LogP contribution < -0.4 is 11.5 Å². The Morgan fingerprint density at radius 1 is 0.694 bits per heavy atom. The summed E-state index contributed by atoms with van der Waals surface area (Å²) in [4.78, 5) is -0.0764. The highest BCUT2D eigenvalue weighted by molar-refractivity contribution is 7.94. The second kappa shape index (κ2) is 18.1. The molecule has 0 aromatic heterocycles. The zero-order valence-electron chi connectivity index (χ0n) is 24.7. The van der Waals surface area contributed by atoms with Crippen molar-refractivity contribution in [3.8, 4) is 0 Å². The van der Waals surface area contributed by atoms with E-state index in [1.807, 2.05) is 0 Å². The van der Waals surface area contributed by atoms with E-state index >= 15 is 0 Å². The summed E-state index contributed by atoms with van der Waals surface area (Å²) >= 11 is 0.735. The maximum atomic E-state index is 12.5. The number of hydrogen-bond donors (Lipinski definition) is 5. The van der Waals surface area contributed by atoms with E-state index in [9.17, 15) is 25.3 Å². The van der Waals surface area contributed by atoms with Crippen LogP contribution in [-0.2, 0) is 57.2 Å². The Bertz CT molecular complexity index is 1980. The molecule has 21 nitrogen and oxygen atoms in total. The smallest absolute Gasteiger partial charge is 0.397 e. The van der Waals surface area contributed by atoms with Crippen molar-refractivity contribution >= 4 is 88.6 Å². The van der Waals surface area contributed by atoms with Gasteiger partial charge in [0.2, 0.25) is 0 Å². The van der Waals surface area contributed by atoms with Crippen LogP contribution >= 0.6 is 24.4 Å². The lowest BCUT2D eigenvalue weighted by Gasteiger charge is -2.14. The van der Waals surface area contributed by atoms with Crippen molar-refractivity contribution in [1.82, 2.24) is 0 Å². The first-order chi connectivity index (χ1) is 23.1. The van der Waals surface area contributed by atoms with E-state index in [-0.39, 0.29) is 67.7 Å². The molecule has 0 heterocycles. The first-order valence-electron chi connectivity index (χ1n) is 12.8. The number of hydrogen-bond acceptors (Lipinski definition) is 22. The zero-order valence-corrected chi connectivity index (χ0v) is 28.8. The molecule has 0 saturated carbocycles. The van der Waals surface area contributed by atoms with Crippen LogP contribution in [0.25, 0.3) is 0 Å². The Hall–Kier alpha value is -3.35. The van der Waals surface area contributed by atoms with Crippen molar-refractivity contribution < 1.29 is 67.4 Å². The zero-order chi connectivity index (χ0) is 36.2. The lowest BCUT2D eigenvalue weighted by Crippen LogP contribution is -2.15. The quantitative estimate of drug-likeness (QED) is 0.0207. The van der Waals surface area contributed by atoms with Crippen LogP contribution in [0, 0.1) is 6.92 Å². The molecule has 0 aliphatic carbocycles. The van der Waals surface area contributed by atoms with Gasteiger partial charge < -0.3 is 11.5 Å². The predicted octanol–water partition coefficient (Wildman–Crippen LogP) is 4.79. The van der Waals surface area contributed by atoms with Crippen molar-refractivity contribution in [2.75, 3.05) is 36.2 Å². The summed E-state index contributed by atoms with van der Waals surface area (Å²) in [6.07, 6.45) is 0. The summed E-state index contributed by atoms with van der Waals surface area (Å²) in [5.74, 6) is -1.15. The maximum Gasteiger partial charge on any atom is 0.397 e. The number of sulfone groups is 2. The number of nitrogens with two attached hydrogens (primary N) is 2. The average molecular weight is 787 g/mol. The molecular formula is C23H26N6O15S5. The highest BCUT2D eigenvalue weighted by atomic mass is 32.3. The second-order valence-corrected chi connectivity index (χ2v) is 15.5. The minimum absolute atomic E-state index is 0.0228. The van der Waals surface area contributed by atoms with Crippen LogP contribution in [-0.4, -0.2) is 65.0 Å². The number of anilines is 2. The van der Waals surface area contributed by atoms with Gasteiger partial charge in [-0.15, -0.1) is 18.9 Å². The molecule has 0 spiro atoms. The van der Waals surface area contributed by atoms with Crippen molar-refractivity contribution in [2.45, 2.75) is 21.6 Å². The van der Waals surface area contributed by atoms with Crippen LogP contribution in [0.2, 0.25) is 0 Å². The standard InChI is InChI=1S/C23H26N6O15S5/c1-14-19(24)21(28-26-15-2-8-18(9-3-15)48(34,35)13-11-40-49(36,37)38)20(25)22(23(14)45-43-41-30)29-27-16-4-6-17(7-5-16)47(32,33)12-10-39-46-44-42-31/h2-9,30-31H,10-13,24-25H2,1H3,(H,36,37,38). The fourth-order valence-electron chi connectivity index (χ4n) is 3.57. The molecule has 0 fully saturated rings. The Kier molecular flexibility index (Phi) is 14.8. The van der Waals surface area contributed by atoms with Crippen molar-refractivity contribution in [3.05, 3.63) is 54.1 Å². The van der Waals surface area contributed by atoms with Crippen LogP contribution in [0.15, 0.2) is 83.7 Å². The molecule has 0 unspecified atom stereocenters. The molecule has 268 valence electrons. The van der Waals surface area contributed by atoms with Gasteiger partial charge in [-0.3, -0.25) is 8.74 Å². The average Bonchev–Trinajstić information content (AvgIpc) is 3.05. The van der Waals surface area contributed by atoms with E-state index < -0.39 is 48.2 Å². The van der Waals surface area contributed by atoms with Gasteiger partial charge in [-0.05, 0) is 61.0 Å². The maximum absolute atomic E-state index is 12.5. The van der Waals surface area contributed by atoms with E-state index in [1.165, 1.54) is 48.5 Å². The summed E-state index contributed by atoms with van der Waals surface area (Å²) in [5, 5.41) is 40.1. The monoisotopic (exact) mass is 786 g/mol. The molecule has 3 aromatic carbocycles. The van der Waals surface area contributed by atoms with Gasteiger partial charge in [0.25, 0.3) is 0 Å². The van der Waals surface area contributed by atoms with Crippen LogP contribution in [0.3, 0.4) is 0 Å². The Balaban J connectivity index is 1.87. The van der Waals surface area contributed by atoms with Gasteiger partial charge in [-0.2, -0.15) is 18.6 Å². The molecule has 0 radical (unpaired) electrons. The number of nitrogen functional groups attached to an aromatic ring is 2. The predicted molar refractivity (Wildman–Crippen MR) is 172 cm³/mol. The van der Waals surface area contributed by atoms with Crippen molar-refractivity contribution in [1.29, 1.82) is 0 Å². The Morgan fingerprint density at radius 2 is 1.18 bits per heavy atom. The minimum atomic E-state index is -4.80. The normalized spacial score (nSPS) is 12.7. The molecule has 0 amide bonds. The Labute approximate surface area is 287 Å². The number of benzene rings is 3. The molecule has 0 bridgehead atoms. The van der Waals surface area contributed by atoms with E-state index in [2.05, 4.69) is 43.4 Å². The molecule has 0 saturated heterocycles. The van der Waals surface area contributed by atoms with Gasteiger partial charge in [0.05, 0.1) is 74.2 Å². The molecule has 0 aliphatic heterocycles. The van der Waals surface area contributed by atoms with E-state index in [4.69, 9.17) is 30.7 Å². The third-order valence-corrected chi connectivity index (χ3v) is 10.9. The second-order valence-electron chi connectivity index (χ2n) is 9.01. The summed E-state index contributed by atoms with van der Waals surface area (Å²) in [6.45, 7) is 0.470. The topological polar surface area (TPSA) is 320 Å². The third-order valence-electron chi connectivity index (χ3n) is 5.92. The number of azo groups is 2. The molecular weight excluding hydrogens is 761 g/mol. The van der Waals surface area contributed by atoms with Gasteiger partial charge in [0.15, 0.2) is 32.0 Å². The lowest BCUT2D eigenvalue weighted by molar-refractivity contribution is -0.434. The van der Waals surface area contributed by atoms with Gasteiger partial charge >= 0.3 is 10.4 Å². The van der Waals surface area contributed by atoms with Crippen molar-refractivity contribution in [2.24, 2.45) is 20.5 Å². The number of nitrogens with zero attached hydrogens (tertiary/aromatic N) is 4. The molecule has 0 aliphatic rings. The van der Waals surface area contributed by atoms with E-state index in [1.54, 1.807) is 6.92 Å². The van der Waals surface area contributed by atoms with E-state index in [0.29, 0.717) is 17.6 Å². The van der Waals surface area contributed by atoms with E-state index in [0.717, 1.165) is 0 Å². The van der Waals surface area contributed by atoms with Crippen LogP contribution in [0.4, 0.5) is 34.1 Å². The molecule has 3 aromatic rings. The third kappa shape index (κ3) is 11.9. The summed E-state index contributed by atoms with van der Waals surface area (Å²) in [5.41, 5.74) is 13.0. The summed E-state index contributed by atoms with van der Waals surface area (Å²) in [6, 6.07) is 10.3. The molecule has 49 heavy (non-hydrogen) atoms. The van der Waals surface area contributed by atoms with Gasteiger partial charge in [-0.25, -0.2) is 31.5 Å². The first-order valence-corrected chi connectivity index (χ1v) is 18.9. The van der Waals surface area contributed by atoms with Gasteiger partial charge in [-0.1, -0.05) is 10.1 Å². The molecule has 0 atom stereocenters. The van der Waals surface area contributed by atoms with Gasteiger partial charge in [0.1, 0.15) is 11.4 Å². The van der Waals surface area contributed by atoms with Crippen LogP contribution in [0.5, 0.6) is 0 Å². The summed E-state index contributed by atoms with van der Waals surface area (Å²) < 4.78 is 97.2. The fraction of sp³-hybridized carbons (Fsp3) is 0.217. The molecule has 3 rings (SSSR count). The fourth-order valence-corrected chi connectivity index (χ4v) is 7.03. The SMILES string of the molecule is Cc1c(N)c(N=Nc2ccc(S(=O)(=O)CCOS(=O)(=O)O)cc2)c(N)c(N=Nc2ccc(S(=O)(=O)CCOSOOO)cc2)c1SOOO. The number of rotatable bonds is 19. The van der Waals surface area contributed by atoms with Crippen LogP contribution in [0.1, 0.15) is 5.56 Å². The summed E-state index contributed by atoms with van der Waals surface area (Å²) in [7, 11) is -12.5. The lowest BCUT2D eigenvalue weighted by atomic mass is 10.1. The first kappa shape index (κ1) is 40.1. The van der Waals surface area contributed by atoms with Gasteiger partial charge in [0, 0.05) is 0 Å². The molecule has 26 heteroatoms. The Morgan fingerprint density at radius 3 is 1.67 bits per heavy atom.